The van der Waals surface area contributed by atoms with Gasteiger partial charge in [0.2, 0.25) is 10.0 Å². The van der Waals surface area contributed by atoms with Crippen molar-refractivity contribution in [1.29, 1.82) is 0 Å². The predicted molar refractivity (Wildman–Crippen MR) is 79.8 cm³/mol. The molecule has 0 amide bonds. The molecule has 1 aliphatic heterocycles. The molecule has 1 aliphatic rings. The highest BCUT2D eigenvalue weighted by molar-refractivity contribution is 7.89. The summed E-state index contributed by atoms with van der Waals surface area (Å²) in [5, 5.41) is 2.85. The number of likely N-dealkylation sites (N-methyl/N-ethyl adjacent to an activating group) is 1. The molecule has 6 heteroatoms. The van der Waals surface area contributed by atoms with Gasteiger partial charge in [-0.05, 0) is 46.8 Å². The van der Waals surface area contributed by atoms with Crippen LogP contribution in [0.4, 0.5) is 0 Å². The van der Waals surface area contributed by atoms with E-state index < -0.39 is 10.0 Å². The van der Waals surface area contributed by atoms with Crippen LogP contribution < -0.4 is 5.32 Å². The smallest absolute Gasteiger partial charge is 0.218 e. The second-order valence-corrected chi connectivity index (χ2v) is 8.03. The van der Waals surface area contributed by atoms with E-state index in [-0.39, 0.29) is 5.25 Å². The van der Waals surface area contributed by atoms with Crippen LogP contribution in [-0.4, -0.2) is 69.2 Å². The lowest BCUT2D eigenvalue weighted by molar-refractivity contribution is 0.189. The standard InChI is InChI=1S/C13H29N3O2S/c1-5-8-14-10-12(2)19(17,18)16-9-6-7-13(11-16)15(3)4/h12-14H,5-11H2,1-4H3. The van der Waals surface area contributed by atoms with Crippen LogP contribution in [0.1, 0.15) is 33.1 Å². The number of rotatable bonds is 7. The Kier molecular flexibility index (Phi) is 6.73. The third-order valence-corrected chi connectivity index (χ3v) is 6.05. The summed E-state index contributed by atoms with van der Waals surface area (Å²) < 4.78 is 26.7. The van der Waals surface area contributed by atoms with Gasteiger partial charge in [0.15, 0.2) is 0 Å². The average molecular weight is 291 g/mol. The molecule has 114 valence electrons. The van der Waals surface area contributed by atoms with Gasteiger partial charge in [-0.1, -0.05) is 6.92 Å². The fraction of sp³-hybridized carbons (Fsp3) is 1.00. The maximum atomic E-state index is 12.5. The van der Waals surface area contributed by atoms with Crippen molar-refractivity contribution in [1.82, 2.24) is 14.5 Å². The number of nitrogens with one attached hydrogen (secondary N) is 1. The van der Waals surface area contributed by atoms with Gasteiger partial charge in [0.05, 0.1) is 5.25 Å². The third kappa shape index (κ3) is 4.70. The Hall–Kier alpha value is -0.170. The summed E-state index contributed by atoms with van der Waals surface area (Å²) in [6, 6.07) is 0.347. The van der Waals surface area contributed by atoms with Gasteiger partial charge in [-0.25, -0.2) is 12.7 Å². The molecule has 0 aromatic heterocycles. The minimum Gasteiger partial charge on any atom is -0.315 e. The summed E-state index contributed by atoms with van der Waals surface area (Å²) in [6.07, 6.45) is 3.07. The van der Waals surface area contributed by atoms with Crippen molar-refractivity contribution in [2.75, 3.05) is 40.3 Å². The summed E-state index contributed by atoms with van der Waals surface area (Å²) in [6.45, 7) is 6.60. The van der Waals surface area contributed by atoms with Gasteiger partial charge in [-0.3, -0.25) is 0 Å². The van der Waals surface area contributed by atoms with Crippen LogP contribution in [0, 0.1) is 0 Å². The zero-order valence-electron chi connectivity index (χ0n) is 12.7. The molecule has 0 aliphatic carbocycles. The Morgan fingerprint density at radius 1 is 1.42 bits per heavy atom. The van der Waals surface area contributed by atoms with Gasteiger partial charge in [0.25, 0.3) is 0 Å². The Labute approximate surface area is 118 Å². The van der Waals surface area contributed by atoms with Crippen LogP contribution in [0.5, 0.6) is 0 Å². The zero-order chi connectivity index (χ0) is 14.5. The van der Waals surface area contributed by atoms with Crippen LogP contribution in [0.25, 0.3) is 0 Å². The lowest BCUT2D eigenvalue weighted by Crippen LogP contribution is -2.51. The number of hydrogen-bond donors (Lipinski definition) is 1. The van der Waals surface area contributed by atoms with E-state index in [4.69, 9.17) is 0 Å². The molecule has 1 saturated heterocycles. The first kappa shape index (κ1) is 16.9. The Morgan fingerprint density at radius 3 is 2.68 bits per heavy atom. The molecule has 1 heterocycles. The summed E-state index contributed by atoms with van der Waals surface area (Å²) in [5.74, 6) is 0. The average Bonchev–Trinajstić information content (AvgIpc) is 2.39. The van der Waals surface area contributed by atoms with Crippen molar-refractivity contribution in [2.24, 2.45) is 0 Å². The summed E-state index contributed by atoms with van der Waals surface area (Å²) in [4.78, 5) is 2.13. The van der Waals surface area contributed by atoms with E-state index in [2.05, 4.69) is 17.1 Å². The van der Waals surface area contributed by atoms with Crippen molar-refractivity contribution in [3.63, 3.8) is 0 Å². The first-order valence-corrected chi connectivity index (χ1v) is 8.76. The van der Waals surface area contributed by atoms with Gasteiger partial charge in [0, 0.05) is 25.7 Å². The number of hydrogen-bond acceptors (Lipinski definition) is 4. The molecule has 2 unspecified atom stereocenters. The zero-order valence-corrected chi connectivity index (χ0v) is 13.5. The lowest BCUT2D eigenvalue weighted by atomic mass is 10.1. The molecule has 19 heavy (non-hydrogen) atoms. The van der Waals surface area contributed by atoms with Crippen LogP contribution in [0.2, 0.25) is 0 Å². The predicted octanol–water partition coefficient (Wildman–Crippen LogP) is 0.730. The highest BCUT2D eigenvalue weighted by Gasteiger charge is 2.33. The van der Waals surface area contributed by atoms with E-state index in [1.807, 2.05) is 14.1 Å². The molecule has 0 saturated carbocycles. The molecular weight excluding hydrogens is 262 g/mol. The van der Waals surface area contributed by atoms with E-state index in [0.717, 1.165) is 25.8 Å². The second kappa shape index (κ2) is 7.57. The molecule has 1 N–H and O–H groups in total. The monoisotopic (exact) mass is 291 g/mol. The van der Waals surface area contributed by atoms with E-state index in [1.165, 1.54) is 0 Å². The molecule has 2 atom stereocenters. The molecule has 1 fully saturated rings. The summed E-state index contributed by atoms with van der Waals surface area (Å²) >= 11 is 0. The van der Waals surface area contributed by atoms with E-state index in [0.29, 0.717) is 25.7 Å². The topological polar surface area (TPSA) is 52.7 Å². The van der Waals surface area contributed by atoms with Gasteiger partial charge < -0.3 is 10.2 Å². The van der Waals surface area contributed by atoms with Gasteiger partial charge in [-0.15, -0.1) is 0 Å². The number of piperidine rings is 1. The van der Waals surface area contributed by atoms with Crippen LogP contribution >= 0.6 is 0 Å². The first-order valence-electron chi connectivity index (χ1n) is 7.25. The molecule has 0 bridgehead atoms. The Bertz CT molecular complexity index is 357. The SMILES string of the molecule is CCCNCC(C)S(=O)(=O)N1CCCC(N(C)C)C1. The molecule has 0 spiro atoms. The maximum absolute atomic E-state index is 12.5. The Balaban J connectivity index is 2.60. The fourth-order valence-corrected chi connectivity index (χ4v) is 4.02. The molecular formula is C13H29N3O2S. The van der Waals surface area contributed by atoms with E-state index in [9.17, 15) is 8.42 Å². The van der Waals surface area contributed by atoms with Gasteiger partial charge in [-0.2, -0.15) is 0 Å². The minimum absolute atomic E-state index is 0.347. The van der Waals surface area contributed by atoms with Crippen molar-refractivity contribution in [3.05, 3.63) is 0 Å². The molecule has 5 nitrogen and oxygen atoms in total. The normalized spacial score (nSPS) is 23.7. The van der Waals surface area contributed by atoms with Crippen LogP contribution in [0.3, 0.4) is 0 Å². The molecule has 0 radical (unpaired) electrons. The van der Waals surface area contributed by atoms with Crippen molar-refractivity contribution >= 4 is 10.0 Å². The maximum Gasteiger partial charge on any atom is 0.218 e. The van der Waals surface area contributed by atoms with Crippen LogP contribution in [-0.2, 0) is 10.0 Å². The first-order chi connectivity index (χ1) is 8.89. The molecule has 0 aromatic rings. The highest BCUT2D eigenvalue weighted by Crippen LogP contribution is 2.19. The van der Waals surface area contributed by atoms with Crippen molar-refractivity contribution in [2.45, 2.75) is 44.4 Å². The van der Waals surface area contributed by atoms with E-state index >= 15 is 0 Å². The van der Waals surface area contributed by atoms with Crippen molar-refractivity contribution < 1.29 is 8.42 Å². The number of nitrogens with zero attached hydrogens (tertiary/aromatic N) is 2. The minimum atomic E-state index is -3.16. The largest absolute Gasteiger partial charge is 0.315 e. The molecule has 0 aromatic carbocycles. The van der Waals surface area contributed by atoms with Crippen molar-refractivity contribution in [3.8, 4) is 0 Å². The molecule has 1 rings (SSSR count). The van der Waals surface area contributed by atoms with Gasteiger partial charge >= 0.3 is 0 Å². The third-order valence-electron chi connectivity index (χ3n) is 3.82. The Morgan fingerprint density at radius 2 is 2.11 bits per heavy atom. The van der Waals surface area contributed by atoms with Crippen LogP contribution in [0.15, 0.2) is 0 Å². The quantitative estimate of drug-likeness (QED) is 0.703. The highest BCUT2D eigenvalue weighted by atomic mass is 32.2. The summed E-state index contributed by atoms with van der Waals surface area (Å²) in [7, 11) is 0.877. The van der Waals surface area contributed by atoms with Gasteiger partial charge in [0.1, 0.15) is 0 Å². The lowest BCUT2D eigenvalue weighted by Gasteiger charge is -2.36. The number of sulfonamides is 1. The summed E-state index contributed by atoms with van der Waals surface area (Å²) in [5.41, 5.74) is 0. The second-order valence-electron chi connectivity index (χ2n) is 5.68. The fourth-order valence-electron chi connectivity index (χ4n) is 2.42. The van der Waals surface area contributed by atoms with E-state index in [1.54, 1.807) is 11.2 Å².